The summed E-state index contributed by atoms with van der Waals surface area (Å²) in [5.41, 5.74) is 0. The number of nitrogens with zero attached hydrogens (tertiary/aromatic N) is 2. The molecule has 0 fully saturated rings. The highest BCUT2D eigenvalue weighted by Crippen LogP contribution is 2.10. The molecule has 0 aliphatic carbocycles. The molecule has 0 aromatic carbocycles. The number of aliphatic hydroxyl groups excluding tert-OH is 10. The minimum atomic E-state index is -1.75. The minimum absolute atomic E-state index is 0.279. The van der Waals surface area contributed by atoms with Gasteiger partial charge in [-0.25, -0.2) is 9.59 Å². The van der Waals surface area contributed by atoms with Crippen LogP contribution in [0.25, 0.3) is 0 Å². The zero-order valence-electron chi connectivity index (χ0n) is 24.7. The molecule has 0 saturated carbocycles. The first-order chi connectivity index (χ1) is 19.8. The second-order valence-corrected chi connectivity index (χ2v) is 10.7. The lowest BCUT2D eigenvalue weighted by Crippen LogP contribution is -2.51. The Balaban J connectivity index is 3.86. The highest BCUT2D eigenvalue weighted by Gasteiger charge is 2.32. The fourth-order valence-corrected chi connectivity index (χ4v) is 4.04. The number of likely N-dealkylation sites (N-methyl/N-ethyl adjacent to an activating group) is 2. The van der Waals surface area contributed by atoms with Crippen molar-refractivity contribution < 1.29 is 60.7 Å². The van der Waals surface area contributed by atoms with E-state index < -0.39 is 74.1 Å². The number of aliphatic hydroxyl groups is 10. The van der Waals surface area contributed by atoms with E-state index >= 15 is 0 Å². The van der Waals surface area contributed by atoms with Crippen LogP contribution in [0.2, 0.25) is 0 Å². The van der Waals surface area contributed by atoms with E-state index in [0.29, 0.717) is 13.1 Å². The monoisotopic (exact) mass is 614 g/mol. The van der Waals surface area contributed by atoms with Crippen LogP contribution in [0.4, 0.5) is 9.59 Å². The van der Waals surface area contributed by atoms with E-state index in [2.05, 4.69) is 10.6 Å². The standard InChI is InChI=1S/C26H54N4O12/c1-29(13-17(33)21(37)23(39)19(35)15-31)25(41)27-11-9-7-5-3-4-6-8-10-12-28-26(42)30(2)14-18(34)22(38)24(40)20(36)16-32/h17-24,31-40H,3-16H2,1-2H3,(H,27,41)(H,28,42)/t17-,18-,19+,20+,21+,22+,23+,24+/m0/s1. The maximum atomic E-state index is 12.1. The summed E-state index contributed by atoms with van der Waals surface area (Å²) in [7, 11) is 2.84. The van der Waals surface area contributed by atoms with Crippen molar-refractivity contribution in [2.24, 2.45) is 0 Å². The predicted octanol–water partition coefficient (Wildman–Crippen LogP) is -3.74. The predicted molar refractivity (Wildman–Crippen MR) is 151 cm³/mol. The van der Waals surface area contributed by atoms with Crippen LogP contribution < -0.4 is 10.6 Å². The zero-order chi connectivity index (χ0) is 32.2. The third kappa shape index (κ3) is 16.1. The van der Waals surface area contributed by atoms with Crippen LogP contribution in [0.3, 0.4) is 0 Å². The number of amides is 4. The Kier molecular flexibility index (Phi) is 21.6. The van der Waals surface area contributed by atoms with Crippen molar-refractivity contribution in [3.05, 3.63) is 0 Å². The first kappa shape index (κ1) is 40.1. The molecule has 0 aromatic heterocycles. The summed E-state index contributed by atoms with van der Waals surface area (Å²) in [4.78, 5) is 26.6. The lowest BCUT2D eigenvalue weighted by atomic mass is 10.0. The van der Waals surface area contributed by atoms with Crippen LogP contribution in [-0.4, -0.2) is 175 Å². The number of carbonyl (C=O) groups is 2. The Morgan fingerprint density at radius 1 is 0.500 bits per heavy atom. The fourth-order valence-electron chi connectivity index (χ4n) is 4.04. The van der Waals surface area contributed by atoms with E-state index in [1.165, 1.54) is 14.1 Å². The van der Waals surface area contributed by atoms with E-state index in [1.807, 2.05) is 0 Å². The molecule has 0 aliphatic rings. The van der Waals surface area contributed by atoms with Gasteiger partial charge in [0.05, 0.1) is 26.3 Å². The smallest absolute Gasteiger partial charge is 0.317 e. The first-order valence-electron chi connectivity index (χ1n) is 14.4. The molecule has 16 heteroatoms. The van der Waals surface area contributed by atoms with Crippen LogP contribution in [-0.2, 0) is 0 Å². The second kappa shape index (κ2) is 22.6. The van der Waals surface area contributed by atoms with Gasteiger partial charge in [-0.05, 0) is 12.8 Å². The summed E-state index contributed by atoms with van der Waals surface area (Å²) in [6.07, 6.45) is -5.83. The quantitative estimate of drug-likeness (QED) is 0.0495. The van der Waals surface area contributed by atoms with Crippen molar-refractivity contribution >= 4 is 12.1 Å². The van der Waals surface area contributed by atoms with Crippen LogP contribution in [0, 0.1) is 0 Å². The van der Waals surface area contributed by atoms with Crippen molar-refractivity contribution in [1.29, 1.82) is 0 Å². The lowest BCUT2D eigenvalue weighted by molar-refractivity contribution is -0.117. The van der Waals surface area contributed by atoms with Gasteiger partial charge < -0.3 is 71.5 Å². The second-order valence-electron chi connectivity index (χ2n) is 10.7. The topological polar surface area (TPSA) is 267 Å². The molecule has 0 spiro atoms. The molecule has 0 unspecified atom stereocenters. The van der Waals surface area contributed by atoms with Gasteiger partial charge in [-0.2, -0.15) is 0 Å². The van der Waals surface area contributed by atoms with Crippen molar-refractivity contribution in [3.8, 4) is 0 Å². The molecule has 0 saturated heterocycles. The van der Waals surface area contributed by atoms with Gasteiger partial charge in [0.2, 0.25) is 0 Å². The average Bonchev–Trinajstić information content (AvgIpc) is 2.98. The number of rotatable bonds is 23. The molecule has 42 heavy (non-hydrogen) atoms. The van der Waals surface area contributed by atoms with E-state index in [9.17, 15) is 50.4 Å². The number of hydrogen-bond donors (Lipinski definition) is 12. The van der Waals surface area contributed by atoms with Crippen molar-refractivity contribution in [1.82, 2.24) is 20.4 Å². The van der Waals surface area contributed by atoms with Crippen LogP contribution in [0.15, 0.2) is 0 Å². The minimum Gasteiger partial charge on any atom is -0.394 e. The van der Waals surface area contributed by atoms with Gasteiger partial charge >= 0.3 is 12.1 Å². The molecule has 0 bridgehead atoms. The molecule has 16 nitrogen and oxygen atoms in total. The molecule has 8 atom stereocenters. The molecule has 0 aliphatic heterocycles. The van der Waals surface area contributed by atoms with Crippen LogP contribution in [0.1, 0.15) is 51.4 Å². The summed E-state index contributed by atoms with van der Waals surface area (Å²) in [5, 5.41) is 101. The Morgan fingerprint density at radius 3 is 1.05 bits per heavy atom. The highest BCUT2D eigenvalue weighted by molar-refractivity contribution is 5.74. The molecule has 0 aromatic rings. The summed E-state index contributed by atoms with van der Waals surface area (Å²) in [5.74, 6) is 0. The molecule has 4 amide bonds. The summed E-state index contributed by atoms with van der Waals surface area (Å²) >= 11 is 0. The molecule has 250 valence electrons. The molecule has 0 heterocycles. The van der Waals surface area contributed by atoms with Crippen LogP contribution in [0.5, 0.6) is 0 Å². The number of carbonyl (C=O) groups excluding carboxylic acids is 2. The normalized spacial score (nSPS) is 17.3. The molecular weight excluding hydrogens is 560 g/mol. The van der Waals surface area contributed by atoms with Crippen LogP contribution >= 0.6 is 0 Å². The summed E-state index contributed by atoms with van der Waals surface area (Å²) in [6.45, 7) is -1.25. The zero-order valence-corrected chi connectivity index (χ0v) is 24.7. The van der Waals surface area contributed by atoms with E-state index in [-0.39, 0.29) is 13.1 Å². The molecular formula is C26H54N4O12. The van der Waals surface area contributed by atoms with Gasteiger partial charge in [0.15, 0.2) is 0 Å². The Labute approximate surface area is 247 Å². The Hall–Kier alpha value is -1.86. The fraction of sp³-hybridized carbons (Fsp3) is 0.923. The Morgan fingerprint density at radius 2 is 0.762 bits per heavy atom. The number of hydrogen-bond acceptors (Lipinski definition) is 12. The number of unbranched alkanes of at least 4 members (excludes halogenated alkanes) is 7. The van der Waals surface area contributed by atoms with Crippen molar-refractivity contribution in [2.75, 3.05) is 53.5 Å². The van der Waals surface area contributed by atoms with E-state index in [4.69, 9.17) is 10.2 Å². The van der Waals surface area contributed by atoms with Gasteiger partial charge in [-0.1, -0.05) is 38.5 Å². The highest BCUT2D eigenvalue weighted by atomic mass is 16.4. The van der Waals surface area contributed by atoms with E-state index in [0.717, 1.165) is 61.2 Å². The van der Waals surface area contributed by atoms with Gasteiger partial charge in [-0.3, -0.25) is 0 Å². The maximum Gasteiger partial charge on any atom is 0.317 e. The van der Waals surface area contributed by atoms with E-state index in [1.54, 1.807) is 0 Å². The number of nitrogens with one attached hydrogen (secondary N) is 2. The van der Waals surface area contributed by atoms with Gasteiger partial charge in [0.1, 0.15) is 48.8 Å². The maximum absolute atomic E-state index is 12.1. The SMILES string of the molecule is CN(C[C@H](O)[C@@H](O)[C@H](O)[C@H](O)CO)C(=O)NCCCCCCCCCCNC(=O)N(C)C[C@H](O)[C@@H](O)[C@H](O)[C@H](O)CO. The molecule has 0 rings (SSSR count). The average molecular weight is 615 g/mol. The lowest BCUT2D eigenvalue weighted by Gasteiger charge is -2.28. The largest absolute Gasteiger partial charge is 0.394 e. The van der Waals surface area contributed by atoms with Crippen molar-refractivity contribution in [2.45, 2.75) is 100 Å². The molecule has 0 radical (unpaired) electrons. The van der Waals surface area contributed by atoms with Crippen molar-refractivity contribution in [3.63, 3.8) is 0 Å². The molecule has 12 N–H and O–H groups in total. The summed E-state index contributed by atoms with van der Waals surface area (Å²) in [6, 6.07) is -0.913. The first-order valence-corrected chi connectivity index (χ1v) is 14.4. The third-order valence-electron chi connectivity index (χ3n) is 6.92. The number of urea groups is 2. The third-order valence-corrected chi connectivity index (χ3v) is 6.92. The van der Waals surface area contributed by atoms with Gasteiger partial charge in [0, 0.05) is 27.2 Å². The Bertz CT molecular complexity index is 667. The van der Waals surface area contributed by atoms with Gasteiger partial charge in [0.25, 0.3) is 0 Å². The van der Waals surface area contributed by atoms with Gasteiger partial charge in [-0.15, -0.1) is 0 Å². The summed E-state index contributed by atoms with van der Waals surface area (Å²) < 4.78 is 0.